The fourth-order valence-corrected chi connectivity index (χ4v) is 2.56. The minimum atomic E-state index is -1.24. The number of amides is 2. The SMILES string of the molecule is O=C(NCc1ccc(Cl)s1)Nc1ccc(C(=O)O)cc1F. The molecule has 5 nitrogen and oxygen atoms in total. The van der Waals surface area contributed by atoms with Crippen molar-refractivity contribution in [2.75, 3.05) is 5.32 Å². The van der Waals surface area contributed by atoms with E-state index in [9.17, 15) is 14.0 Å². The van der Waals surface area contributed by atoms with Gasteiger partial charge in [-0.15, -0.1) is 11.3 Å². The van der Waals surface area contributed by atoms with Crippen LogP contribution in [0.5, 0.6) is 0 Å². The van der Waals surface area contributed by atoms with Gasteiger partial charge in [-0.25, -0.2) is 14.0 Å². The summed E-state index contributed by atoms with van der Waals surface area (Å²) in [5.74, 6) is -2.05. The highest BCUT2D eigenvalue weighted by Gasteiger charge is 2.10. The van der Waals surface area contributed by atoms with Crippen LogP contribution in [0.3, 0.4) is 0 Å². The van der Waals surface area contributed by atoms with Crippen molar-refractivity contribution in [3.8, 4) is 0 Å². The van der Waals surface area contributed by atoms with Gasteiger partial charge in [-0.05, 0) is 30.3 Å². The molecule has 0 aliphatic rings. The summed E-state index contributed by atoms with van der Waals surface area (Å²) in [5, 5.41) is 13.6. The largest absolute Gasteiger partial charge is 0.478 e. The average Bonchev–Trinajstić information content (AvgIpc) is 2.84. The van der Waals surface area contributed by atoms with E-state index < -0.39 is 17.8 Å². The van der Waals surface area contributed by atoms with Gasteiger partial charge >= 0.3 is 12.0 Å². The molecule has 0 unspecified atom stereocenters. The van der Waals surface area contributed by atoms with Crippen LogP contribution in [0, 0.1) is 5.82 Å². The Balaban J connectivity index is 1.94. The first kappa shape index (κ1) is 15.3. The van der Waals surface area contributed by atoms with E-state index in [0.717, 1.165) is 10.9 Å². The molecule has 0 aliphatic carbocycles. The van der Waals surface area contributed by atoms with Crippen LogP contribution < -0.4 is 10.6 Å². The summed E-state index contributed by atoms with van der Waals surface area (Å²) in [4.78, 5) is 23.2. The van der Waals surface area contributed by atoms with Crippen LogP contribution >= 0.6 is 22.9 Å². The van der Waals surface area contributed by atoms with Gasteiger partial charge in [0, 0.05) is 4.88 Å². The van der Waals surface area contributed by atoms with E-state index in [1.165, 1.54) is 23.5 Å². The van der Waals surface area contributed by atoms with Crippen LogP contribution in [0.15, 0.2) is 30.3 Å². The number of aromatic carboxylic acids is 1. The van der Waals surface area contributed by atoms with Gasteiger partial charge in [-0.3, -0.25) is 0 Å². The number of nitrogens with one attached hydrogen (secondary N) is 2. The van der Waals surface area contributed by atoms with Crippen LogP contribution in [-0.4, -0.2) is 17.1 Å². The monoisotopic (exact) mass is 328 g/mol. The first-order valence-electron chi connectivity index (χ1n) is 5.77. The third-order valence-corrected chi connectivity index (χ3v) is 3.75. The molecule has 0 aliphatic heterocycles. The van der Waals surface area contributed by atoms with Crippen LogP contribution in [-0.2, 0) is 6.54 Å². The van der Waals surface area contributed by atoms with Gasteiger partial charge in [0.05, 0.1) is 22.1 Å². The number of hydrogen-bond acceptors (Lipinski definition) is 3. The molecule has 0 fully saturated rings. The maximum atomic E-state index is 13.6. The molecule has 1 aromatic heterocycles. The van der Waals surface area contributed by atoms with Crippen LogP contribution in [0.2, 0.25) is 4.34 Å². The van der Waals surface area contributed by atoms with E-state index in [1.54, 1.807) is 12.1 Å². The standard InChI is InChI=1S/C13H10ClFN2O3S/c14-11-4-2-8(21-11)6-16-13(20)17-10-3-1-7(12(18)19)5-9(10)15/h1-5H,6H2,(H,18,19)(H2,16,17,20). The molecule has 2 aromatic rings. The van der Waals surface area contributed by atoms with E-state index in [4.69, 9.17) is 16.7 Å². The van der Waals surface area contributed by atoms with E-state index in [0.29, 0.717) is 4.34 Å². The Morgan fingerprint density at radius 2 is 2.05 bits per heavy atom. The van der Waals surface area contributed by atoms with Gasteiger partial charge in [0.25, 0.3) is 0 Å². The predicted octanol–water partition coefficient (Wildman–Crippen LogP) is 3.56. The Morgan fingerprint density at radius 3 is 2.62 bits per heavy atom. The summed E-state index contributed by atoms with van der Waals surface area (Å²) >= 11 is 7.09. The van der Waals surface area contributed by atoms with E-state index in [-0.39, 0.29) is 17.8 Å². The first-order valence-corrected chi connectivity index (χ1v) is 6.97. The summed E-state index contributed by atoms with van der Waals surface area (Å²) in [6.07, 6.45) is 0. The number of carbonyl (C=O) groups excluding carboxylic acids is 1. The lowest BCUT2D eigenvalue weighted by molar-refractivity contribution is 0.0696. The Bertz CT molecular complexity index is 690. The van der Waals surface area contributed by atoms with E-state index >= 15 is 0 Å². The van der Waals surface area contributed by atoms with Crippen LogP contribution in [0.25, 0.3) is 0 Å². The topological polar surface area (TPSA) is 78.4 Å². The molecule has 0 spiro atoms. The molecule has 3 N–H and O–H groups in total. The average molecular weight is 329 g/mol. The highest BCUT2D eigenvalue weighted by atomic mass is 35.5. The smallest absolute Gasteiger partial charge is 0.335 e. The molecule has 21 heavy (non-hydrogen) atoms. The summed E-state index contributed by atoms with van der Waals surface area (Å²) in [5.41, 5.74) is -0.284. The maximum Gasteiger partial charge on any atom is 0.335 e. The lowest BCUT2D eigenvalue weighted by Gasteiger charge is -2.08. The molecule has 0 bridgehead atoms. The van der Waals surface area contributed by atoms with Gasteiger partial charge in [0.2, 0.25) is 0 Å². The fraction of sp³-hybridized carbons (Fsp3) is 0.0769. The first-order chi connectivity index (χ1) is 9.95. The van der Waals surface area contributed by atoms with Crippen LogP contribution in [0.1, 0.15) is 15.2 Å². The van der Waals surface area contributed by atoms with E-state index in [1.807, 2.05) is 0 Å². The van der Waals surface area contributed by atoms with Crippen LogP contribution in [0.4, 0.5) is 14.9 Å². The summed E-state index contributed by atoms with van der Waals surface area (Å²) in [6.45, 7) is 0.262. The molecule has 1 aromatic carbocycles. The zero-order chi connectivity index (χ0) is 15.4. The molecule has 2 rings (SSSR count). The van der Waals surface area contributed by atoms with Gasteiger partial charge in [-0.2, -0.15) is 0 Å². The van der Waals surface area contributed by atoms with Crippen molar-refractivity contribution >= 4 is 40.6 Å². The third kappa shape index (κ3) is 4.17. The second-order valence-electron chi connectivity index (χ2n) is 4.01. The Hall–Kier alpha value is -2.12. The Labute approximate surface area is 128 Å². The molecular formula is C13H10ClFN2O3S. The molecule has 110 valence electrons. The normalized spacial score (nSPS) is 10.2. The number of rotatable bonds is 4. The molecule has 0 radical (unpaired) electrons. The molecule has 0 atom stereocenters. The number of anilines is 1. The van der Waals surface area contributed by atoms with Crippen molar-refractivity contribution in [3.63, 3.8) is 0 Å². The zero-order valence-corrected chi connectivity index (χ0v) is 12.1. The zero-order valence-electron chi connectivity index (χ0n) is 10.5. The lowest BCUT2D eigenvalue weighted by atomic mass is 10.2. The third-order valence-electron chi connectivity index (χ3n) is 2.52. The highest BCUT2D eigenvalue weighted by molar-refractivity contribution is 7.16. The molecule has 1 heterocycles. The number of thiophene rings is 1. The molecular weight excluding hydrogens is 319 g/mol. The second kappa shape index (κ2) is 6.55. The van der Waals surface area contributed by atoms with Gasteiger partial charge in [0.15, 0.2) is 0 Å². The van der Waals surface area contributed by atoms with Crippen molar-refractivity contribution < 1.29 is 19.1 Å². The number of benzene rings is 1. The van der Waals surface area contributed by atoms with Gasteiger partial charge in [0.1, 0.15) is 5.82 Å². The van der Waals surface area contributed by atoms with Crippen molar-refractivity contribution in [2.45, 2.75) is 6.54 Å². The molecule has 0 saturated carbocycles. The Kier molecular flexibility index (Phi) is 4.77. The number of carbonyl (C=O) groups is 2. The number of halogens is 2. The van der Waals surface area contributed by atoms with E-state index in [2.05, 4.69) is 10.6 Å². The van der Waals surface area contributed by atoms with Gasteiger partial charge < -0.3 is 15.7 Å². The van der Waals surface area contributed by atoms with Crippen molar-refractivity contribution in [2.24, 2.45) is 0 Å². The predicted molar refractivity (Wildman–Crippen MR) is 78.5 cm³/mol. The summed E-state index contributed by atoms with van der Waals surface area (Å²) < 4.78 is 14.2. The fourth-order valence-electron chi connectivity index (χ4n) is 1.53. The molecule has 8 heteroatoms. The summed E-state index contributed by atoms with van der Waals surface area (Å²) in [7, 11) is 0. The summed E-state index contributed by atoms with van der Waals surface area (Å²) in [6, 6.07) is 6.14. The second-order valence-corrected chi connectivity index (χ2v) is 5.81. The van der Waals surface area contributed by atoms with Crippen molar-refractivity contribution in [1.29, 1.82) is 0 Å². The minimum absolute atomic E-state index is 0.0956. The number of urea groups is 1. The van der Waals surface area contributed by atoms with Crippen molar-refractivity contribution in [1.82, 2.24) is 5.32 Å². The highest BCUT2D eigenvalue weighted by Crippen LogP contribution is 2.21. The van der Waals surface area contributed by atoms with Gasteiger partial charge in [-0.1, -0.05) is 11.6 Å². The lowest BCUT2D eigenvalue weighted by Crippen LogP contribution is -2.28. The maximum absolute atomic E-state index is 13.6. The number of hydrogen-bond donors (Lipinski definition) is 3. The quantitative estimate of drug-likeness (QED) is 0.803. The molecule has 2 amide bonds. The van der Waals surface area contributed by atoms with Crippen molar-refractivity contribution in [3.05, 3.63) is 50.9 Å². The Morgan fingerprint density at radius 1 is 1.29 bits per heavy atom. The minimum Gasteiger partial charge on any atom is -0.478 e. The molecule has 0 saturated heterocycles. The number of carboxylic acid groups (broad SMARTS) is 1. The number of carboxylic acids is 1.